The van der Waals surface area contributed by atoms with Crippen molar-refractivity contribution in [2.24, 2.45) is 0 Å². The van der Waals surface area contributed by atoms with Crippen molar-refractivity contribution < 1.29 is 23.7 Å². The second kappa shape index (κ2) is 7.56. The number of likely N-dealkylation sites (N-methyl/N-ethyl adjacent to an activating group) is 1. The second-order valence-electron chi connectivity index (χ2n) is 7.42. The fourth-order valence-corrected chi connectivity index (χ4v) is 3.50. The Morgan fingerprint density at radius 3 is 2.59 bits per heavy atom. The van der Waals surface area contributed by atoms with Crippen LogP contribution in [0.4, 0.5) is 16.4 Å². The minimum atomic E-state index is -0.761. The van der Waals surface area contributed by atoms with Crippen LogP contribution in [0.15, 0.2) is 46.4 Å². The largest absolute Gasteiger partial charge is 0.441 e. The van der Waals surface area contributed by atoms with Crippen LogP contribution in [0.3, 0.4) is 0 Å². The number of barbiturate groups is 1. The van der Waals surface area contributed by atoms with Crippen molar-refractivity contribution in [3.05, 3.63) is 53.3 Å². The molecule has 0 aliphatic carbocycles. The molecule has 0 saturated carbocycles. The highest BCUT2D eigenvalue weighted by atomic mass is 16.4. The van der Waals surface area contributed by atoms with Gasteiger partial charge in [0.2, 0.25) is 0 Å². The van der Waals surface area contributed by atoms with Gasteiger partial charge in [0.15, 0.2) is 5.88 Å². The number of carbonyl (C=O) groups excluding carboxylic acids is 3. The average Bonchev–Trinajstić information content (AvgIpc) is 3.14. The summed E-state index contributed by atoms with van der Waals surface area (Å²) in [7, 11) is 2.16. The highest BCUT2D eigenvalue weighted by Gasteiger charge is 2.37. The highest BCUT2D eigenvalue weighted by Crippen LogP contribution is 2.25. The topological polar surface area (TPSA) is 87.3 Å². The van der Waals surface area contributed by atoms with Crippen LogP contribution in [0.2, 0.25) is 0 Å². The zero-order chi connectivity index (χ0) is 20.5. The summed E-state index contributed by atoms with van der Waals surface area (Å²) in [6, 6.07) is 9.78. The van der Waals surface area contributed by atoms with Crippen LogP contribution in [0, 0.1) is 6.92 Å². The summed E-state index contributed by atoms with van der Waals surface area (Å²) in [4.78, 5) is 42.1. The third-order valence-electron chi connectivity index (χ3n) is 5.19. The Hall–Kier alpha value is -3.39. The molecule has 2 aliphatic heterocycles. The number of quaternary nitrogens is 1. The molecule has 29 heavy (non-hydrogen) atoms. The minimum Gasteiger partial charge on any atom is -0.441 e. The summed E-state index contributed by atoms with van der Waals surface area (Å²) in [6.45, 7) is 5.66. The third-order valence-corrected chi connectivity index (χ3v) is 5.19. The van der Waals surface area contributed by atoms with Gasteiger partial charge in [-0.3, -0.25) is 14.9 Å². The first-order valence-corrected chi connectivity index (χ1v) is 9.56. The fourth-order valence-electron chi connectivity index (χ4n) is 3.50. The molecule has 8 nitrogen and oxygen atoms in total. The van der Waals surface area contributed by atoms with E-state index >= 15 is 0 Å². The minimum absolute atomic E-state index is 0.144. The molecule has 0 unspecified atom stereocenters. The monoisotopic (exact) mass is 395 g/mol. The van der Waals surface area contributed by atoms with Crippen molar-refractivity contribution in [2.75, 3.05) is 43.0 Å². The SMILES string of the molecule is Cc1cccc(N2C(=O)NC(=O)/C(=C/c3ccc(N4CC[NH+](C)CC4)o3)C2=O)c1. The smallest absolute Gasteiger partial charge is 0.335 e. The molecular formula is C21H23N4O4+. The Kier molecular flexibility index (Phi) is 4.94. The lowest BCUT2D eigenvalue weighted by Gasteiger charge is -2.29. The molecule has 2 saturated heterocycles. The van der Waals surface area contributed by atoms with E-state index in [1.807, 2.05) is 19.1 Å². The van der Waals surface area contributed by atoms with Crippen LogP contribution in [0.25, 0.3) is 6.08 Å². The fraction of sp³-hybridized carbons (Fsp3) is 0.286. The molecule has 8 heteroatoms. The maximum Gasteiger partial charge on any atom is 0.335 e. The number of carbonyl (C=O) groups is 3. The van der Waals surface area contributed by atoms with Gasteiger partial charge >= 0.3 is 6.03 Å². The van der Waals surface area contributed by atoms with E-state index < -0.39 is 17.8 Å². The zero-order valence-corrected chi connectivity index (χ0v) is 16.4. The molecule has 4 rings (SSSR count). The van der Waals surface area contributed by atoms with Crippen LogP contribution >= 0.6 is 0 Å². The van der Waals surface area contributed by atoms with E-state index in [4.69, 9.17) is 4.42 Å². The number of imide groups is 2. The summed E-state index contributed by atoms with van der Waals surface area (Å²) < 4.78 is 5.85. The van der Waals surface area contributed by atoms with Gasteiger partial charge in [0.25, 0.3) is 11.8 Å². The average molecular weight is 395 g/mol. The van der Waals surface area contributed by atoms with Crippen molar-refractivity contribution in [2.45, 2.75) is 6.92 Å². The molecule has 1 aromatic carbocycles. The Bertz CT molecular complexity index is 1000. The zero-order valence-electron chi connectivity index (χ0n) is 16.4. The van der Waals surface area contributed by atoms with Gasteiger partial charge in [0.05, 0.1) is 38.9 Å². The number of hydrogen-bond acceptors (Lipinski definition) is 5. The van der Waals surface area contributed by atoms with Crippen molar-refractivity contribution >= 4 is 35.5 Å². The van der Waals surface area contributed by atoms with Crippen LogP contribution in [0.5, 0.6) is 0 Å². The summed E-state index contributed by atoms with van der Waals surface area (Å²) in [5.74, 6) is -0.307. The van der Waals surface area contributed by atoms with E-state index in [9.17, 15) is 14.4 Å². The third kappa shape index (κ3) is 3.79. The molecule has 2 aliphatic rings. The number of aryl methyl sites for hydroxylation is 1. The first-order valence-electron chi connectivity index (χ1n) is 9.56. The Labute approximate surface area is 168 Å². The van der Waals surface area contributed by atoms with Crippen molar-refractivity contribution in [3.8, 4) is 0 Å². The molecule has 150 valence electrons. The maximum absolute atomic E-state index is 12.9. The van der Waals surface area contributed by atoms with Crippen molar-refractivity contribution in [3.63, 3.8) is 0 Å². The van der Waals surface area contributed by atoms with Crippen LogP contribution in [0.1, 0.15) is 11.3 Å². The quantitative estimate of drug-likeness (QED) is 0.587. The number of hydrogen-bond donors (Lipinski definition) is 2. The molecule has 4 amide bonds. The van der Waals surface area contributed by atoms with Gasteiger partial charge in [-0.1, -0.05) is 12.1 Å². The molecule has 0 spiro atoms. The van der Waals surface area contributed by atoms with Gasteiger partial charge in [-0.25, -0.2) is 9.69 Å². The van der Waals surface area contributed by atoms with Crippen LogP contribution in [-0.2, 0) is 9.59 Å². The van der Waals surface area contributed by atoms with E-state index in [0.717, 1.165) is 36.6 Å². The van der Waals surface area contributed by atoms with Gasteiger partial charge in [0.1, 0.15) is 11.3 Å². The van der Waals surface area contributed by atoms with E-state index in [2.05, 4.69) is 17.3 Å². The van der Waals surface area contributed by atoms with Gasteiger partial charge in [-0.15, -0.1) is 0 Å². The molecule has 2 fully saturated rings. The maximum atomic E-state index is 12.9. The standard InChI is InChI=1S/C21H22N4O4/c1-14-4-3-5-15(12-14)25-20(27)17(19(26)22-21(25)28)13-16-6-7-18(29-16)24-10-8-23(2)9-11-24/h3-7,12-13H,8-11H2,1-2H3,(H,22,26,28)/p+1/b17-13-. The first-order chi connectivity index (χ1) is 13.9. The number of rotatable bonds is 3. The van der Waals surface area contributed by atoms with E-state index in [1.54, 1.807) is 24.3 Å². The molecule has 0 radical (unpaired) electrons. The predicted molar refractivity (Wildman–Crippen MR) is 108 cm³/mol. The molecular weight excluding hydrogens is 372 g/mol. The van der Waals surface area contributed by atoms with Crippen LogP contribution < -0.4 is 20.0 Å². The van der Waals surface area contributed by atoms with Crippen LogP contribution in [-0.4, -0.2) is 51.1 Å². The Morgan fingerprint density at radius 2 is 1.86 bits per heavy atom. The number of piperazine rings is 1. The lowest BCUT2D eigenvalue weighted by Crippen LogP contribution is -3.12. The summed E-state index contributed by atoms with van der Waals surface area (Å²) in [5, 5.41) is 2.23. The molecule has 0 bridgehead atoms. The van der Waals surface area contributed by atoms with E-state index in [1.165, 1.54) is 11.0 Å². The molecule has 0 atom stereocenters. The van der Waals surface area contributed by atoms with Crippen molar-refractivity contribution in [1.82, 2.24) is 5.32 Å². The second-order valence-corrected chi connectivity index (χ2v) is 7.42. The molecule has 2 aromatic rings. The van der Waals surface area contributed by atoms with Gasteiger partial charge in [0, 0.05) is 6.07 Å². The lowest BCUT2D eigenvalue weighted by molar-refractivity contribution is -0.880. The summed E-state index contributed by atoms with van der Waals surface area (Å²) >= 11 is 0. The number of benzene rings is 1. The molecule has 3 heterocycles. The predicted octanol–water partition coefficient (Wildman–Crippen LogP) is 0.589. The summed E-state index contributed by atoms with van der Waals surface area (Å²) in [5.41, 5.74) is 1.16. The van der Waals surface area contributed by atoms with Gasteiger partial charge in [-0.2, -0.15) is 0 Å². The molecule has 2 N–H and O–H groups in total. The number of furan rings is 1. The lowest BCUT2D eigenvalue weighted by atomic mass is 10.1. The normalized spacial score (nSPS) is 19.8. The molecule has 1 aromatic heterocycles. The van der Waals surface area contributed by atoms with Gasteiger partial charge < -0.3 is 14.2 Å². The van der Waals surface area contributed by atoms with Crippen molar-refractivity contribution in [1.29, 1.82) is 0 Å². The Balaban J connectivity index is 1.60. The van der Waals surface area contributed by atoms with E-state index in [0.29, 0.717) is 17.3 Å². The number of urea groups is 1. The van der Waals surface area contributed by atoms with Gasteiger partial charge in [-0.05, 0) is 36.8 Å². The van der Waals surface area contributed by atoms with E-state index in [-0.39, 0.29) is 5.57 Å². The Morgan fingerprint density at radius 1 is 1.10 bits per heavy atom. The first kappa shape index (κ1) is 18.9. The highest BCUT2D eigenvalue weighted by molar-refractivity contribution is 6.39. The number of anilines is 2. The summed E-state index contributed by atoms with van der Waals surface area (Å²) in [6.07, 6.45) is 1.39. The number of amides is 4. The number of nitrogens with zero attached hydrogens (tertiary/aromatic N) is 2. The number of nitrogens with one attached hydrogen (secondary N) is 2.